The first-order valence-electron chi connectivity index (χ1n) is 6.78. The first-order valence-corrected chi connectivity index (χ1v) is 8.51. The Bertz CT molecular complexity index is 528. The summed E-state index contributed by atoms with van der Waals surface area (Å²) < 4.78 is 1.03. The van der Waals surface area contributed by atoms with E-state index < -0.39 is 0 Å². The fourth-order valence-electron chi connectivity index (χ4n) is 2.08. The Kier molecular flexibility index (Phi) is 6.01. The van der Waals surface area contributed by atoms with Crippen molar-refractivity contribution < 1.29 is 0 Å². The molecule has 0 bridgehead atoms. The lowest BCUT2D eigenvalue weighted by molar-refractivity contribution is 0.671. The van der Waals surface area contributed by atoms with Crippen molar-refractivity contribution in [3.8, 4) is 0 Å². The number of anilines is 1. The third kappa shape index (κ3) is 4.30. The first kappa shape index (κ1) is 15.5. The van der Waals surface area contributed by atoms with E-state index in [-0.39, 0.29) is 0 Å². The number of nitrogens with one attached hydrogen (secondary N) is 1. The number of pyridine rings is 1. The molecule has 2 aromatic heterocycles. The smallest absolute Gasteiger partial charge is 0.133 e. The molecule has 0 spiro atoms. The highest BCUT2D eigenvalue weighted by Crippen LogP contribution is 2.22. The van der Waals surface area contributed by atoms with Crippen molar-refractivity contribution in [1.82, 2.24) is 10.3 Å². The van der Waals surface area contributed by atoms with Crippen LogP contribution in [0.25, 0.3) is 0 Å². The van der Waals surface area contributed by atoms with Crippen molar-refractivity contribution in [3.05, 3.63) is 44.7 Å². The van der Waals surface area contributed by atoms with Crippen LogP contribution in [0.3, 0.4) is 0 Å². The van der Waals surface area contributed by atoms with E-state index in [1.807, 2.05) is 6.20 Å². The van der Waals surface area contributed by atoms with E-state index in [9.17, 15) is 0 Å². The fraction of sp³-hybridized carbons (Fsp3) is 0.400. The van der Waals surface area contributed by atoms with Gasteiger partial charge in [0.15, 0.2) is 0 Å². The summed E-state index contributed by atoms with van der Waals surface area (Å²) in [7, 11) is 2.09. The van der Waals surface area contributed by atoms with Crippen LogP contribution in [0.1, 0.15) is 24.5 Å². The van der Waals surface area contributed by atoms with Gasteiger partial charge in [0.2, 0.25) is 0 Å². The van der Waals surface area contributed by atoms with Gasteiger partial charge in [0.25, 0.3) is 0 Å². The second-order valence-corrected chi connectivity index (χ2v) is 6.50. The van der Waals surface area contributed by atoms with Crippen LogP contribution in [0.2, 0.25) is 0 Å². The molecule has 108 valence electrons. The quantitative estimate of drug-likeness (QED) is 0.761. The topological polar surface area (TPSA) is 28.2 Å². The molecule has 2 rings (SSSR count). The molecule has 3 nitrogen and oxygen atoms in total. The summed E-state index contributed by atoms with van der Waals surface area (Å²) in [5.41, 5.74) is 2.56. The number of halogens is 1. The zero-order valence-corrected chi connectivity index (χ0v) is 14.3. The predicted molar refractivity (Wildman–Crippen MR) is 90.4 cm³/mol. The van der Waals surface area contributed by atoms with Crippen molar-refractivity contribution in [1.29, 1.82) is 0 Å². The van der Waals surface area contributed by atoms with E-state index in [0.29, 0.717) is 0 Å². The average molecular weight is 354 g/mol. The highest BCUT2D eigenvalue weighted by Gasteiger charge is 2.10. The van der Waals surface area contributed by atoms with Crippen LogP contribution in [-0.4, -0.2) is 18.6 Å². The molecule has 0 saturated heterocycles. The lowest BCUT2D eigenvalue weighted by Gasteiger charge is -2.21. The molecule has 0 aliphatic carbocycles. The Hall–Kier alpha value is -0.910. The molecule has 5 heteroatoms. The number of nitrogens with zero attached hydrogens (tertiary/aromatic N) is 2. The molecule has 0 unspecified atom stereocenters. The summed E-state index contributed by atoms with van der Waals surface area (Å²) in [5, 5.41) is 7.75. The van der Waals surface area contributed by atoms with E-state index in [4.69, 9.17) is 0 Å². The summed E-state index contributed by atoms with van der Waals surface area (Å²) in [5.74, 6) is 1.04. The molecule has 0 aromatic carbocycles. The van der Waals surface area contributed by atoms with Crippen molar-refractivity contribution >= 4 is 33.1 Å². The molecule has 20 heavy (non-hydrogen) atoms. The lowest BCUT2D eigenvalue weighted by Crippen LogP contribution is -2.22. The zero-order valence-electron chi connectivity index (χ0n) is 11.9. The van der Waals surface area contributed by atoms with Crippen LogP contribution in [0.4, 0.5) is 5.82 Å². The SMILES string of the molecule is CCCNCc1cc(Br)cnc1N(C)Cc1ccsc1. The average Bonchev–Trinajstić information content (AvgIpc) is 2.92. The monoisotopic (exact) mass is 353 g/mol. The third-order valence-electron chi connectivity index (χ3n) is 3.01. The summed E-state index contributed by atoms with van der Waals surface area (Å²) >= 11 is 5.24. The molecule has 0 saturated carbocycles. The van der Waals surface area contributed by atoms with Gasteiger partial charge in [-0.2, -0.15) is 11.3 Å². The minimum absolute atomic E-state index is 0.851. The Morgan fingerprint density at radius 1 is 1.45 bits per heavy atom. The van der Waals surface area contributed by atoms with Gasteiger partial charge in [0.05, 0.1) is 0 Å². The maximum absolute atomic E-state index is 4.58. The van der Waals surface area contributed by atoms with Gasteiger partial charge in [-0.3, -0.25) is 0 Å². The van der Waals surface area contributed by atoms with Crippen molar-refractivity contribution in [2.75, 3.05) is 18.5 Å². The van der Waals surface area contributed by atoms with E-state index in [0.717, 1.165) is 36.3 Å². The normalized spacial score (nSPS) is 10.8. The van der Waals surface area contributed by atoms with Gasteiger partial charge in [-0.25, -0.2) is 4.98 Å². The Morgan fingerprint density at radius 3 is 3.00 bits per heavy atom. The number of aromatic nitrogens is 1. The minimum atomic E-state index is 0.851. The van der Waals surface area contributed by atoms with E-state index >= 15 is 0 Å². The second-order valence-electron chi connectivity index (χ2n) is 4.80. The number of rotatable bonds is 7. The highest BCUT2D eigenvalue weighted by molar-refractivity contribution is 9.10. The second kappa shape index (κ2) is 7.76. The Balaban J connectivity index is 2.12. The molecular weight excluding hydrogens is 334 g/mol. The zero-order chi connectivity index (χ0) is 14.4. The maximum Gasteiger partial charge on any atom is 0.133 e. The standard InChI is InChI=1S/C15H20BrN3S/c1-3-5-17-8-13-7-14(16)9-18-15(13)19(2)10-12-4-6-20-11-12/h4,6-7,9,11,17H,3,5,8,10H2,1-2H3. The van der Waals surface area contributed by atoms with Crippen LogP contribution >= 0.6 is 27.3 Å². The summed E-state index contributed by atoms with van der Waals surface area (Å²) in [6.07, 6.45) is 3.00. The van der Waals surface area contributed by atoms with Crippen molar-refractivity contribution in [3.63, 3.8) is 0 Å². The fourth-order valence-corrected chi connectivity index (χ4v) is 3.12. The van der Waals surface area contributed by atoms with Gasteiger partial charge >= 0.3 is 0 Å². The van der Waals surface area contributed by atoms with Crippen LogP contribution in [-0.2, 0) is 13.1 Å². The molecule has 1 N–H and O–H groups in total. The molecule has 0 radical (unpaired) electrons. The van der Waals surface area contributed by atoms with Crippen LogP contribution in [0, 0.1) is 0 Å². The number of hydrogen-bond acceptors (Lipinski definition) is 4. The van der Waals surface area contributed by atoms with E-state index in [1.54, 1.807) is 11.3 Å². The molecule has 2 aromatic rings. The molecule has 2 heterocycles. The van der Waals surface area contributed by atoms with Gasteiger partial charge < -0.3 is 10.2 Å². The van der Waals surface area contributed by atoms with E-state index in [2.05, 4.69) is 68.0 Å². The minimum Gasteiger partial charge on any atom is -0.355 e. The van der Waals surface area contributed by atoms with Crippen molar-refractivity contribution in [2.24, 2.45) is 0 Å². The van der Waals surface area contributed by atoms with Gasteiger partial charge in [0, 0.05) is 36.4 Å². The van der Waals surface area contributed by atoms with Crippen molar-refractivity contribution in [2.45, 2.75) is 26.4 Å². The molecular formula is C15H20BrN3S. The molecule has 0 atom stereocenters. The molecule has 0 fully saturated rings. The molecule has 0 amide bonds. The Morgan fingerprint density at radius 2 is 2.30 bits per heavy atom. The van der Waals surface area contributed by atoms with Crippen LogP contribution < -0.4 is 10.2 Å². The maximum atomic E-state index is 4.58. The third-order valence-corrected chi connectivity index (χ3v) is 4.18. The Labute approximate surface area is 133 Å². The van der Waals surface area contributed by atoms with Gasteiger partial charge in [-0.15, -0.1) is 0 Å². The van der Waals surface area contributed by atoms with Gasteiger partial charge in [0.1, 0.15) is 5.82 Å². The summed E-state index contributed by atoms with van der Waals surface area (Å²) in [6.45, 7) is 4.94. The van der Waals surface area contributed by atoms with Crippen LogP contribution in [0.15, 0.2) is 33.6 Å². The number of thiophene rings is 1. The predicted octanol–water partition coefficient (Wildman–Crippen LogP) is 4.04. The van der Waals surface area contributed by atoms with Crippen LogP contribution in [0.5, 0.6) is 0 Å². The first-order chi connectivity index (χ1) is 9.70. The van der Waals surface area contributed by atoms with Gasteiger partial charge in [-0.05, 0) is 57.4 Å². The molecule has 0 aliphatic heterocycles. The van der Waals surface area contributed by atoms with Gasteiger partial charge in [-0.1, -0.05) is 6.92 Å². The largest absolute Gasteiger partial charge is 0.355 e. The lowest BCUT2D eigenvalue weighted by atomic mass is 10.2. The summed E-state index contributed by atoms with van der Waals surface area (Å²) in [6, 6.07) is 4.31. The van der Waals surface area contributed by atoms with E-state index in [1.165, 1.54) is 11.1 Å². The molecule has 0 aliphatic rings. The number of hydrogen-bond donors (Lipinski definition) is 1. The highest BCUT2D eigenvalue weighted by atomic mass is 79.9. The summed E-state index contributed by atoms with van der Waals surface area (Å²) in [4.78, 5) is 6.79.